The van der Waals surface area contributed by atoms with Crippen LogP contribution in [0.3, 0.4) is 0 Å². The van der Waals surface area contributed by atoms with Crippen LogP contribution in [0.1, 0.15) is 42.6 Å². The molecule has 2 fully saturated rings. The summed E-state index contributed by atoms with van der Waals surface area (Å²) in [4.78, 5) is 9.51. The fourth-order valence-electron chi connectivity index (χ4n) is 4.53. The summed E-state index contributed by atoms with van der Waals surface area (Å²) in [6, 6.07) is 11.0. The molecule has 2 aliphatic heterocycles. The average molecular weight is 356 g/mol. The fourth-order valence-corrected chi connectivity index (χ4v) is 4.53. The standard InChI is InChI=1S/C20H28N4O2/c1-23-15-20(12-17(23)19-21-18(14-25-2)26-22-19)8-10-24(11-9-20)13-16-6-4-3-5-7-16/h3-7,17H,8-15H2,1-2H3. The molecule has 2 aliphatic rings. The van der Waals surface area contributed by atoms with Crippen molar-refractivity contribution in [1.82, 2.24) is 19.9 Å². The number of methoxy groups -OCH3 is 1. The van der Waals surface area contributed by atoms with E-state index < -0.39 is 0 Å². The van der Waals surface area contributed by atoms with Gasteiger partial charge in [0.15, 0.2) is 5.82 Å². The zero-order valence-electron chi connectivity index (χ0n) is 15.7. The first-order chi connectivity index (χ1) is 12.7. The number of ether oxygens (including phenoxy) is 1. The Morgan fingerprint density at radius 3 is 2.73 bits per heavy atom. The molecule has 1 spiro atoms. The number of hydrogen-bond acceptors (Lipinski definition) is 6. The predicted octanol–water partition coefficient (Wildman–Crippen LogP) is 2.88. The number of rotatable bonds is 5. The maximum Gasteiger partial charge on any atom is 0.252 e. The number of hydrogen-bond donors (Lipinski definition) is 0. The van der Waals surface area contributed by atoms with Gasteiger partial charge in [0, 0.05) is 20.2 Å². The minimum Gasteiger partial charge on any atom is -0.375 e. The lowest BCUT2D eigenvalue weighted by molar-refractivity contribution is 0.105. The van der Waals surface area contributed by atoms with E-state index in [2.05, 4.69) is 57.3 Å². The van der Waals surface area contributed by atoms with Gasteiger partial charge in [-0.05, 0) is 50.4 Å². The van der Waals surface area contributed by atoms with Crippen molar-refractivity contribution in [3.8, 4) is 0 Å². The van der Waals surface area contributed by atoms with Gasteiger partial charge in [-0.15, -0.1) is 0 Å². The average Bonchev–Trinajstić information content (AvgIpc) is 3.23. The molecule has 6 heteroatoms. The molecule has 0 radical (unpaired) electrons. The zero-order valence-corrected chi connectivity index (χ0v) is 15.7. The lowest BCUT2D eigenvalue weighted by Gasteiger charge is -2.39. The van der Waals surface area contributed by atoms with Crippen molar-refractivity contribution in [2.45, 2.75) is 38.5 Å². The Labute approximate surface area is 155 Å². The molecule has 2 saturated heterocycles. The number of likely N-dealkylation sites (tertiary alicyclic amines) is 2. The van der Waals surface area contributed by atoms with E-state index >= 15 is 0 Å². The fraction of sp³-hybridized carbons (Fsp3) is 0.600. The van der Waals surface area contributed by atoms with Crippen LogP contribution in [-0.4, -0.2) is 53.7 Å². The molecule has 0 aliphatic carbocycles. The Morgan fingerprint density at radius 2 is 2.00 bits per heavy atom. The quantitative estimate of drug-likeness (QED) is 0.821. The monoisotopic (exact) mass is 356 g/mol. The van der Waals surface area contributed by atoms with Crippen molar-refractivity contribution >= 4 is 0 Å². The van der Waals surface area contributed by atoms with Gasteiger partial charge in [0.25, 0.3) is 5.89 Å². The molecule has 1 atom stereocenters. The van der Waals surface area contributed by atoms with Crippen LogP contribution in [0.4, 0.5) is 0 Å². The third-order valence-electron chi connectivity index (χ3n) is 5.96. The molecule has 0 N–H and O–H groups in total. The van der Waals surface area contributed by atoms with Gasteiger partial charge in [-0.1, -0.05) is 35.5 Å². The van der Waals surface area contributed by atoms with Crippen molar-refractivity contribution in [3.63, 3.8) is 0 Å². The molecular formula is C20H28N4O2. The van der Waals surface area contributed by atoms with Crippen LogP contribution >= 0.6 is 0 Å². The predicted molar refractivity (Wildman–Crippen MR) is 98.4 cm³/mol. The van der Waals surface area contributed by atoms with Crippen molar-refractivity contribution < 1.29 is 9.26 Å². The molecule has 1 aromatic heterocycles. The molecule has 1 unspecified atom stereocenters. The normalized spacial score (nSPS) is 23.7. The number of benzene rings is 1. The van der Waals surface area contributed by atoms with Crippen molar-refractivity contribution in [2.75, 3.05) is 33.8 Å². The van der Waals surface area contributed by atoms with E-state index in [0.29, 0.717) is 17.9 Å². The van der Waals surface area contributed by atoms with Gasteiger partial charge in [-0.25, -0.2) is 0 Å². The third kappa shape index (κ3) is 3.68. The van der Waals surface area contributed by atoms with E-state index in [1.807, 2.05) is 0 Å². The number of aromatic nitrogens is 2. The highest BCUT2D eigenvalue weighted by molar-refractivity contribution is 5.15. The SMILES string of the molecule is COCc1nc(C2CC3(CCN(Cc4ccccc4)CC3)CN2C)no1. The summed E-state index contributed by atoms with van der Waals surface area (Å²) in [6.07, 6.45) is 3.60. The summed E-state index contributed by atoms with van der Waals surface area (Å²) in [5.74, 6) is 1.37. The topological polar surface area (TPSA) is 54.6 Å². The first-order valence-electron chi connectivity index (χ1n) is 9.45. The van der Waals surface area contributed by atoms with Crippen LogP contribution in [0.5, 0.6) is 0 Å². The summed E-state index contributed by atoms with van der Waals surface area (Å²) in [5.41, 5.74) is 1.79. The highest BCUT2D eigenvalue weighted by atomic mass is 16.5. The van der Waals surface area contributed by atoms with Crippen LogP contribution in [0.2, 0.25) is 0 Å². The van der Waals surface area contributed by atoms with E-state index in [4.69, 9.17) is 9.26 Å². The smallest absolute Gasteiger partial charge is 0.252 e. The van der Waals surface area contributed by atoms with Crippen molar-refractivity contribution in [3.05, 3.63) is 47.6 Å². The lowest BCUT2D eigenvalue weighted by atomic mass is 9.76. The second-order valence-corrected chi connectivity index (χ2v) is 7.88. The van der Waals surface area contributed by atoms with Gasteiger partial charge in [-0.3, -0.25) is 9.80 Å². The Bertz CT molecular complexity index is 710. The minimum absolute atomic E-state index is 0.255. The maximum absolute atomic E-state index is 5.30. The highest BCUT2D eigenvalue weighted by Gasteiger charge is 2.46. The van der Waals surface area contributed by atoms with Crippen molar-refractivity contribution in [1.29, 1.82) is 0 Å². The summed E-state index contributed by atoms with van der Waals surface area (Å²) in [6.45, 7) is 4.88. The maximum atomic E-state index is 5.30. The van der Waals surface area contributed by atoms with Crippen LogP contribution in [0, 0.1) is 5.41 Å². The van der Waals surface area contributed by atoms with E-state index in [0.717, 1.165) is 38.4 Å². The largest absolute Gasteiger partial charge is 0.375 e. The van der Waals surface area contributed by atoms with E-state index in [9.17, 15) is 0 Å². The van der Waals surface area contributed by atoms with Crippen LogP contribution in [0.25, 0.3) is 0 Å². The van der Waals surface area contributed by atoms with Crippen molar-refractivity contribution in [2.24, 2.45) is 5.41 Å². The lowest BCUT2D eigenvalue weighted by Crippen LogP contribution is -2.40. The molecule has 26 heavy (non-hydrogen) atoms. The van der Waals surface area contributed by atoms with Crippen LogP contribution < -0.4 is 0 Å². The molecular weight excluding hydrogens is 328 g/mol. The van der Waals surface area contributed by atoms with Crippen LogP contribution in [0.15, 0.2) is 34.9 Å². The zero-order chi connectivity index (χ0) is 18.0. The van der Waals surface area contributed by atoms with Gasteiger partial charge in [0.1, 0.15) is 6.61 Å². The Hall–Kier alpha value is -1.76. The second kappa shape index (κ2) is 7.47. The molecule has 1 aromatic carbocycles. The highest BCUT2D eigenvalue weighted by Crippen LogP contribution is 2.47. The molecule has 0 bridgehead atoms. The van der Waals surface area contributed by atoms with E-state index in [-0.39, 0.29) is 6.04 Å². The number of nitrogens with zero attached hydrogens (tertiary/aromatic N) is 4. The third-order valence-corrected chi connectivity index (χ3v) is 5.96. The van der Waals surface area contributed by atoms with E-state index in [1.165, 1.54) is 18.4 Å². The summed E-state index contributed by atoms with van der Waals surface area (Å²) in [7, 11) is 3.83. The molecule has 140 valence electrons. The summed E-state index contributed by atoms with van der Waals surface area (Å²) < 4.78 is 10.4. The van der Waals surface area contributed by atoms with Crippen LogP contribution in [-0.2, 0) is 17.9 Å². The molecule has 0 amide bonds. The van der Waals surface area contributed by atoms with Gasteiger partial charge < -0.3 is 9.26 Å². The summed E-state index contributed by atoms with van der Waals surface area (Å²) >= 11 is 0. The Balaban J connectivity index is 1.36. The molecule has 3 heterocycles. The minimum atomic E-state index is 0.255. The van der Waals surface area contributed by atoms with E-state index in [1.54, 1.807) is 7.11 Å². The summed E-state index contributed by atoms with van der Waals surface area (Å²) in [5, 5.41) is 4.20. The second-order valence-electron chi connectivity index (χ2n) is 7.88. The Kier molecular flexibility index (Phi) is 5.07. The van der Waals surface area contributed by atoms with Gasteiger partial charge >= 0.3 is 0 Å². The first-order valence-corrected chi connectivity index (χ1v) is 9.45. The first kappa shape index (κ1) is 17.6. The molecule has 0 saturated carbocycles. The molecule has 6 nitrogen and oxygen atoms in total. The van der Waals surface area contributed by atoms with Gasteiger partial charge in [0.05, 0.1) is 6.04 Å². The molecule has 4 rings (SSSR count). The number of piperidine rings is 1. The van der Waals surface area contributed by atoms with Gasteiger partial charge in [-0.2, -0.15) is 4.98 Å². The van der Waals surface area contributed by atoms with Gasteiger partial charge in [0.2, 0.25) is 0 Å². The molecule has 2 aromatic rings. The Morgan fingerprint density at radius 1 is 1.23 bits per heavy atom.